The van der Waals surface area contributed by atoms with Gasteiger partial charge in [0.1, 0.15) is 5.82 Å². The Morgan fingerprint density at radius 3 is 2.29 bits per heavy atom. The highest BCUT2D eigenvalue weighted by Gasteiger charge is 2.20. The van der Waals surface area contributed by atoms with Crippen molar-refractivity contribution in [1.29, 1.82) is 0 Å². The van der Waals surface area contributed by atoms with Crippen LogP contribution < -0.4 is 10.0 Å². The summed E-state index contributed by atoms with van der Waals surface area (Å²) in [6.07, 6.45) is 2.05. The minimum atomic E-state index is -4.08. The standard InChI is InChI=1S/C25H24FN3O4S/c26-22-8-1-2-9-23(22)28-34(32,33)21-7-5-6-20(16-21)24(30)27-17-18-10-12-19(13-11-18)25(31)29-14-3-4-15-29/h1-2,5-13,16,28H,3-4,14-15,17H2,(H,27,30). The molecule has 1 aliphatic rings. The van der Waals surface area contributed by atoms with Crippen LogP contribution in [0, 0.1) is 5.82 Å². The number of halogens is 1. The molecule has 0 aliphatic carbocycles. The van der Waals surface area contributed by atoms with Gasteiger partial charge in [-0.3, -0.25) is 14.3 Å². The molecule has 0 spiro atoms. The van der Waals surface area contributed by atoms with Gasteiger partial charge in [-0.15, -0.1) is 0 Å². The lowest BCUT2D eigenvalue weighted by Gasteiger charge is -2.15. The fourth-order valence-electron chi connectivity index (χ4n) is 3.70. The number of likely N-dealkylation sites (tertiary alicyclic amines) is 1. The SMILES string of the molecule is O=C(NCc1ccc(C(=O)N2CCCC2)cc1)c1cccc(S(=O)(=O)Nc2ccccc2F)c1. The Bertz CT molecular complexity index is 1300. The average Bonchev–Trinajstić information content (AvgIpc) is 3.39. The molecule has 1 fully saturated rings. The van der Waals surface area contributed by atoms with Gasteiger partial charge < -0.3 is 10.2 Å². The normalized spacial score (nSPS) is 13.5. The summed E-state index contributed by atoms with van der Waals surface area (Å²) < 4.78 is 41.3. The number of nitrogens with zero attached hydrogens (tertiary/aromatic N) is 1. The summed E-state index contributed by atoms with van der Waals surface area (Å²) in [7, 11) is -4.08. The molecular formula is C25H24FN3O4S. The predicted molar refractivity (Wildman–Crippen MR) is 126 cm³/mol. The molecule has 7 nitrogen and oxygen atoms in total. The van der Waals surface area contributed by atoms with Crippen LogP contribution in [0.4, 0.5) is 10.1 Å². The minimum Gasteiger partial charge on any atom is -0.348 e. The summed E-state index contributed by atoms with van der Waals surface area (Å²) in [6, 6.07) is 18.0. The van der Waals surface area contributed by atoms with Crippen molar-refractivity contribution in [3.8, 4) is 0 Å². The molecule has 1 aliphatic heterocycles. The molecule has 3 aromatic carbocycles. The lowest BCUT2D eigenvalue weighted by molar-refractivity contribution is 0.0792. The highest BCUT2D eigenvalue weighted by Crippen LogP contribution is 2.20. The first-order valence-electron chi connectivity index (χ1n) is 10.9. The summed E-state index contributed by atoms with van der Waals surface area (Å²) in [4.78, 5) is 26.7. The third-order valence-corrected chi connectivity index (χ3v) is 6.94. The van der Waals surface area contributed by atoms with Gasteiger partial charge in [0, 0.05) is 30.8 Å². The highest BCUT2D eigenvalue weighted by molar-refractivity contribution is 7.92. The van der Waals surface area contributed by atoms with Crippen molar-refractivity contribution in [1.82, 2.24) is 10.2 Å². The molecule has 4 rings (SSSR count). The topological polar surface area (TPSA) is 95.6 Å². The summed E-state index contributed by atoms with van der Waals surface area (Å²) >= 11 is 0. The second kappa shape index (κ2) is 10.0. The molecule has 0 radical (unpaired) electrons. The van der Waals surface area contributed by atoms with Crippen LogP contribution in [-0.4, -0.2) is 38.2 Å². The van der Waals surface area contributed by atoms with Crippen LogP contribution in [0.5, 0.6) is 0 Å². The molecule has 3 aromatic rings. The second-order valence-corrected chi connectivity index (χ2v) is 9.67. The monoisotopic (exact) mass is 481 g/mol. The molecule has 176 valence electrons. The molecule has 0 saturated carbocycles. The van der Waals surface area contributed by atoms with Crippen molar-refractivity contribution in [3.05, 3.63) is 95.3 Å². The van der Waals surface area contributed by atoms with Gasteiger partial charge >= 0.3 is 0 Å². The molecule has 2 N–H and O–H groups in total. The Labute approximate surface area is 197 Å². The first-order chi connectivity index (χ1) is 16.3. The number of carbonyl (C=O) groups is 2. The van der Waals surface area contributed by atoms with E-state index in [0.717, 1.165) is 37.6 Å². The third-order valence-electron chi connectivity index (χ3n) is 5.57. The molecular weight excluding hydrogens is 457 g/mol. The van der Waals surface area contributed by atoms with Gasteiger partial charge in [-0.1, -0.05) is 30.3 Å². The molecule has 0 atom stereocenters. The van der Waals surface area contributed by atoms with E-state index in [9.17, 15) is 22.4 Å². The van der Waals surface area contributed by atoms with E-state index in [1.54, 1.807) is 24.3 Å². The molecule has 34 heavy (non-hydrogen) atoms. The maximum atomic E-state index is 13.8. The van der Waals surface area contributed by atoms with Gasteiger partial charge in [0.25, 0.3) is 21.8 Å². The Morgan fingerprint density at radius 1 is 0.882 bits per heavy atom. The molecule has 0 aromatic heterocycles. The van der Waals surface area contributed by atoms with Crippen LogP contribution in [0.25, 0.3) is 0 Å². The van der Waals surface area contributed by atoms with Gasteiger partial charge in [-0.05, 0) is 60.9 Å². The molecule has 2 amide bonds. The first kappa shape index (κ1) is 23.4. The molecule has 9 heteroatoms. The summed E-state index contributed by atoms with van der Waals surface area (Å²) in [5, 5.41) is 2.75. The highest BCUT2D eigenvalue weighted by atomic mass is 32.2. The number of amides is 2. The van der Waals surface area contributed by atoms with Gasteiger partial charge in [0.2, 0.25) is 0 Å². The summed E-state index contributed by atoms with van der Waals surface area (Å²) in [6.45, 7) is 1.77. The van der Waals surface area contributed by atoms with E-state index in [1.165, 1.54) is 42.5 Å². The maximum absolute atomic E-state index is 13.8. The number of hydrogen-bond donors (Lipinski definition) is 2. The minimum absolute atomic E-state index is 0.00935. The van der Waals surface area contributed by atoms with Crippen molar-refractivity contribution in [2.75, 3.05) is 17.8 Å². The van der Waals surface area contributed by atoms with Gasteiger partial charge in [0.05, 0.1) is 10.6 Å². The van der Waals surface area contributed by atoms with Gasteiger partial charge in [-0.25, -0.2) is 12.8 Å². The van der Waals surface area contributed by atoms with E-state index in [-0.39, 0.29) is 28.6 Å². The largest absolute Gasteiger partial charge is 0.348 e. The van der Waals surface area contributed by atoms with Crippen LogP contribution in [0.1, 0.15) is 39.1 Å². The lowest BCUT2D eigenvalue weighted by Crippen LogP contribution is -2.27. The lowest BCUT2D eigenvalue weighted by atomic mass is 10.1. The number of nitrogens with one attached hydrogen (secondary N) is 2. The van der Waals surface area contributed by atoms with Crippen LogP contribution in [0.2, 0.25) is 0 Å². The van der Waals surface area contributed by atoms with Crippen LogP contribution >= 0.6 is 0 Å². The number of benzene rings is 3. The van der Waals surface area contributed by atoms with Crippen molar-refractivity contribution < 1.29 is 22.4 Å². The second-order valence-electron chi connectivity index (χ2n) is 7.99. The smallest absolute Gasteiger partial charge is 0.262 e. The van der Waals surface area contributed by atoms with E-state index >= 15 is 0 Å². The fourth-order valence-corrected chi connectivity index (χ4v) is 4.82. The Hall–Kier alpha value is -3.72. The van der Waals surface area contributed by atoms with Gasteiger partial charge in [-0.2, -0.15) is 0 Å². The summed E-state index contributed by atoms with van der Waals surface area (Å²) in [5.41, 5.74) is 1.38. The average molecular weight is 482 g/mol. The van der Waals surface area contributed by atoms with Crippen LogP contribution in [0.3, 0.4) is 0 Å². The van der Waals surface area contributed by atoms with Crippen LogP contribution in [0.15, 0.2) is 77.7 Å². The fraction of sp³-hybridized carbons (Fsp3) is 0.200. The predicted octanol–water partition coefficient (Wildman–Crippen LogP) is 3.79. The Morgan fingerprint density at radius 2 is 1.59 bits per heavy atom. The van der Waals surface area contributed by atoms with Crippen molar-refractivity contribution in [2.45, 2.75) is 24.3 Å². The number of para-hydroxylation sites is 1. The van der Waals surface area contributed by atoms with E-state index in [2.05, 4.69) is 10.0 Å². The van der Waals surface area contributed by atoms with Crippen molar-refractivity contribution in [3.63, 3.8) is 0 Å². The zero-order valence-electron chi connectivity index (χ0n) is 18.3. The van der Waals surface area contributed by atoms with E-state index in [0.29, 0.717) is 5.56 Å². The zero-order valence-corrected chi connectivity index (χ0v) is 19.1. The Kier molecular flexibility index (Phi) is 6.93. The quantitative estimate of drug-likeness (QED) is 0.537. The van der Waals surface area contributed by atoms with E-state index < -0.39 is 21.7 Å². The maximum Gasteiger partial charge on any atom is 0.262 e. The molecule has 0 unspecified atom stereocenters. The summed E-state index contributed by atoms with van der Waals surface area (Å²) in [5.74, 6) is -1.15. The van der Waals surface area contributed by atoms with E-state index in [1.807, 2.05) is 4.90 Å². The van der Waals surface area contributed by atoms with E-state index in [4.69, 9.17) is 0 Å². The van der Waals surface area contributed by atoms with Crippen molar-refractivity contribution >= 4 is 27.5 Å². The zero-order chi connectivity index (χ0) is 24.1. The van der Waals surface area contributed by atoms with Crippen molar-refractivity contribution in [2.24, 2.45) is 0 Å². The number of anilines is 1. The van der Waals surface area contributed by atoms with Crippen LogP contribution in [-0.2, 0) is 16.6 Å². The number of rotatable bonds is 7. The molecule has 1 saturated heterocycles. The van der Waals surface area contributed by atoms with Gasteiger partial charge in [0.15, 0.2) is 0 Å². The number of hydrogen-bond acceptors (Lipinski definition) is 4. The Balaban J connectivity index is 1.39. The molecule has 1 heterocycles. The number of sulfonamides is 1. The molecule has 0 bridgehead atoms. The number of carbonyl (C=O) groups excluding carboxylic acids is 2. The third kappa shape index (κ3) is 5.43. The first-order valence-corrected chi connectivity index (χ1v) is 12.4.